The molecular formula is C30H45ClN4O3. The number of hydrogen-bond donors (Lipinski definition) is 0. The van der Waals surface area contributed by atoms with E-state index in [1.807, 2.05) is 25.1 Å². The van der Waals surface area contributed by atoms with Gasteiger partial charge in [0, 0.05) is 81.2 Å². The Labute approximate surface area is 233 Å². The monoisotopic (exact) mass is 544 g/mol. The van der Waals surface area contributed by atoms with Gasteiger partial charge in [-0.1, -0.05) is 11.6 Å². The lowest BCUT2D eigenvalue weighted by molar-refractivity contribution is -0.137. The molecule has 2 fully saturated rings. The average molecular weight is 545 g/mol. The summed E-state index contributed by atoms with van der Waals surface area (Å²) in [6, 6.07) is 8.12. The standard InChI is InChI=1S/C30H45ClN4O3/c1-23-17-27(7-8-28(23)31)38-22-30(19-29(36)34-13-11-32(4)12-14-34)9-6-10-33(21-30)20-26-18-24(2)35(25(26)3)15-16-37-5/h7-8,17-18H,6,9-16,19-22H2,1-5H3/t30-/m1/s1. The number of ether oxygens (including phenoxy) is 2. The van der Waals surface area contributed by atoms with Crippen LogP contribution in [0.1, 0.15) is 41.8 Å². The van der Waals surface area contributed by atoms with Gasteiger partial charge in [0.25, 0.3) is 0 Å². The van der Waals surface area contributed by atoms with Crippen molar-refractivity contribution in [3.63, 3.8) is 0 Å². The Morgan fingerprint density at radius 3 is 2.55 bits per heavy atom. The molecule has 2 saturated heterocycles. The molecule has 0 bridgehead atoms. The second-order valence-electron chi connectivity index (χ2n) is 11.4. The van der Waals surface area contributed by atoms with Crippen molar-refractivity contribution in [1.29, 1.82) is 0 Å². The fraction of sp³-hybridized carbons (Fsp3) is 0.633. The number of carbonyl (C=O) groups excluding carboxylic acids is 1. The largest absolute Gasteiger partial charge is 0.493 e. The van der Waals surface area contributed by atoms with Crippen molar-refractivity contribution in [3.8, 4) is 5.75 Å². The summed E-state index contributed by atoms with van der Waals surface area (Å²) >= 11 is 6.25. The number of aromatic nitrogens is 1. The Morgan fingerprint density at radius 1 is 1.08 bits per heavy atom. The van der Waals surface area contributed by atoms with Crippen molar-refractivity contribution in [1.82, 2.24) is 19.3 Å². The number of hydrogen-bond acceptors (Lipinski definition) is 5. The normalized spacial score (nSPS) is 21.2. The molecule has 2 aliphatic rings. The molecule has 0 saturated carbocycles. The van der Waals surface area contributed by atoms with Crippen molar-refractivity contribution < 1.29 is 14.3 Å². The van der Waals surface area contributed by atoms with E-state index in [-0.39, 0.29) is 11.3 Å². The number of carbonyl (C=O) groups is 1. The Kier molecular flexibility index (Phi) is 9.79. The fourth-order valence-electron chi connectivity index (χ4n) is 5.99. The Balaban J connectivity index is 1.51. The predicted octanol–water partition coefficient (Wildman–Crippen LogP) is 4.54. The summed E-state index contributed by atoms with van der Waals surface area (Å²) in [4.78, 5) is 20.4. The van der Waals surface area contributed by atoms with Crippen LogP contribution in [0.15, 0.2) is 24.3 Å². The summed E-state index contributed by atoms with van der Waals surface area (Å²) in [5.74, 6) is 1.07. The lowest BCUT2D eigenvalue weighted by atomic mass is 9.77. The SMILES string of the molecule is COCCn1c(C)cc(CN2CCC[C@@](COc3ccc(Cl)c(C)c3)(CC(=O)N3CCN(C)CC3)C2)c1C. The van der Waals surface area contributed by atoms with Crippen LogP contribution in [0.2, 0.25) is 5.02 Å². The summed E-state index contributed by atoms with van der Waals surface area (Å²) in [7, 11) is 3.87. The molecule has 210 valence electrons. The molecule has 0 spiro atoms. The number of amides is 1. The molecule has 4 rings (SSSR count). The van der Waals surface area contributed by atoms with E-state index in [0.717, 1.165) is 81.5 Å². The Bertz CT molecular complexity index is 1100. The second kappa shape index (κ2) is 12.9. The van der Waals surface area contributed by atoms with Gasteiger partial charge in [0.2, 0.25) is 5.91 Å². The Morgan fingerprint density at radius 2 is 1.84 bits per heavy atom. The first-order valence-corrected chi connectivity index (χ1v) is 14.3. The first-order chi connectivity index (χ1) is 18.2. The smallest absolute Gasteiger partial charge is 0.223 e. The van der Waals surface area contributed by atoms with E-state index < -0.39 is 0 Å². The summed E-state index contributed by atoms with van der Waals surface area (Å²) < 4.78 is 14.1. The van der Waals surface area contributed by atoms with Crippen LogP contribution in [0, 0.1) is 26.2 Å². The van der Waals surface area contributed by atoms with Crippen LogP contribution in [-0.2, 0) is 22.6 Å². The fourth-order valence-corrected chi connectivity index (χ4v) is 6.11. The van der Waals surface area contributed by atoms with Crippen LogP contribution in [0.5, 0.6) is 5.75 Å². The number of methoxy groups -OCH3 is 1. The minimum atomic E-state index is -0.228. The highest BCUT2D eigenvalue weighted by molar-refractivity contribution is 6.31. The zero-order valence-electron chi connectivity index (χ0n) is 23.9. The highest BCUT2D eigenvalue weighted by atomic mass is 35.5. The van der Waals surface area contributed by atoms with Crippen LogP contribution in [0.4, 0.5) is 0 Å². The number of rotatable bonds is 10. The molecule has 7 nitrogen and oxygen atoms in total. The van der Waals surface area contributed by atoms with E-state index in [1.54, 1.807) is 7.11 Å². The summed E-state index contributed by atoms with van der Waals surface area (Å²) in [5, 5.41) is 0.740. The third kappa shape index (κ3) is 7.12. The number of aryl methyl sites for hydroxylation is 2. The van der Waals surface area contributed by atoms with Crippen molar-refractivity contribution in [2.45, 2.75) is 53.1 Å². The van der Waals surface area contributed by atoms with E-state index in [2.05, 4.69) is 46.2 Å². The molecule has 38 heavy (non-hydrogen) atoms. The van der Waals surface area contributed by atoms with E-state index in [1.165, 1.54) is 17.0 Å². The van der Waals surface area contributed by atoms with Gasteiger partial charge in [-0.3, -0.25) is 9.69 Å². The van der Waals surface area contributed by atoms with Gasteiger partial charge >= 0.3 is 0 Å². The number of piperidine rings is 1. The molecule has 2 aromatic rings. The van der Waals surface area contributed by atoms with Crippen molar-refractivity contribution in [2.24, 2.45) is 5.41 Å². The minimum absolute atomic E-state index is 0.228. The topological polar surface area (TPSA) is 50.2 Å². The quantitative estimate of drug-likeness (QED) is 0.439. The highest BCUT2D eigenvalue weighted by Gasteiger charge is 2.40. The lowest BCUT2D eigenvalue weighted by Crippen LogP contribution is -2.52. The first-order valence-electron chi connectivity index (χ1n) is 13.9. The number of nitrogens with zero attached hydrogens (tertiary/aromatic N) is 4. The van der Waals surface area contributed by atoms with Crippen molar-refractivity contribution >= 4 is 17.5 Å². The van der Waals surface area contributed by atoms with Crippen LogP contribution in [0.3, 0.4) is 0 Å². The molecule has 0 aliphatic carbocycles. The van der Waals surface area contributed by atoms with Gasteiger partial charge in [-0.25, -0.2) is 0 Å². The van der Waals surface area contributed by atoms with E-state index in [0.29, 0.717) is 19.6 Å². The molecule has 0 N–H and O–H groups in total. The third-order valence-electron chi connectivity index (χ3n) is 8.39. The molecule has 2 aliphatic heterocycles. The average Bonchev–Trinajstić information content (AvgIpc) is 3.15. The van der Waals surface area contributed by atoms with Crippen LogP contribution < -0.4 is 4.74 Å². The summed E-state index contributed by atoms with van der Waals surface area (Å²) in [6.45, 7) is 14.7. The minimum Gasteiger partial charge on any atom is -0.493 e. The third-order valence-corrected chi connectivity index (χ3v) is 8.81. The molecule has 0 radical (unpaired) electrons. The molecule has 3 heterocycles. The van der Waals surface area contributed by atoms with Crippen LogP contribution >= 0.6 is 11.6 Å². The number of piperazine rings is 1. The molecular weight excluding hydrogens is 500 g/mol. The van der Waals surface area contributed by atoms with Crippen molar-refractivity contribution in [2.75, 3.05) is 66.6 Å². The van der Waals surface area contributed by atoms with Gasteiger partial charge in [-0.2, -0.15) is 0 Å². The second-order valence-corrected chi connectivity index (χ2v) is 11.8. The number of halogens is 1. The lowest BCUT2D eigenvalue weighted by Gasteiger charge is -2.43. The van der Waals surface area contributed by atoms with E-state index >= 15 is 0 Å². The highest BCUT2D eigenvalue weighted by Crippen LogP contribution is 2.36. The number of benzene rings is 1. The molecule has 1 amide bonds. The molecule has 8 heteroatoms. The maximum absolute atomic E-state index is 13.6. The molecule has 1 aromatic heterocycles. The van der Waals surface area contributed by atoms with Crippen LogP contribution in [0.25, 0.3) is 0 Å². The maximum atomic E-state index is 13.6. The van der Waals surface area contributed by atoms with Crippen LogP contribution in [-0.4, -0.2) is 91.8 Å². The summed E-state index contributed by atoms with van der Waals surface area (Å²) in [6.07, 6.45) is 2.57. The zero-order chi connectivity index (χ0) is 27.3. The first kappa shape index (κ1) is 28.9. The molecule has 1 atom stereocenters. The van der Waals surface area contributed by atoms with E-state index in [4.69, 9.17) is 21.1 Å². The van der Waals surface area contributed by atoms with Gasteiger partial charge in [0.05, 0.1) is 13.2 Å². The maximum Gasteiger partial charge on any atom is 0.223 e. The van der Waals surface area contributed by atoms with Gasteiger partial charge in [-0.05, 0) is 82.6 Å². The predicted molar refractivity (Wildman–Crippen MR) is 153 cm³/mol. The molecule has 1 aromatic carbocycles. The van der Waals surface area contributed by atoms with Gasteiger partial charge in [0.1, 0.15) is 5.75 Å². The zero-order valence-corrected chi connectivity index (χ0v) is 24.6. The number of likely N-dealkylation sites (N-methyl/N-ethyl adjacent to an activating group) is 1. The Hall–Kier alpha value is -2.06. The van der Waals surface area contributed by atoms with Gasteiger partial charge < -0.3 is 23.8 Å². The van der Waals surface area contributed by atoms with E-state index in [9.17, 15) is 4.79 Å². The number of likely N-dealkylation sites (tertiary alicyclic amines) is 1. The van der Waals surface area contributed by atoms with Gasteiger partial charge in [0.15, 0.2) is 0 Å². The molecule has 0 unspecified atom stereocenters. The van der Waals surface area contributed by atoms with Crippen molar-refractivity contribution in [3.05, 3.63) is 51.8 Å². The van der Waals surface area contributed by atoms with Gasteiger partial charge in [-0.15, -0.1) is 0 Å². The summed E-state index contributed by atoms with van der Waals surface area (Å²) in [5.41, 5.74) is 4.70.